The number of rotatable bonds is 6. The predicted octanol–water partition coefficient (Wildman–Crippen LogP) is 3.28. The quantitative estimate of drug-likeness (QED) is 0.599. The third-order valence-corrected chi connectivity index (χ3v) is 5.58. The smallest absolute Gasteiger partial charge is 0.266 e. The lowest BCUT2D eigenvalue weighted by Crippen LogP contribution is -2.15. The Morgan fingerprint density at radius 1 is 1.11 bits per heavy atom. The zero-order valence-corrected chi connectivity index (χ0v) is 16.3. The van der Waals surface area contributed by atoms with E-state index < -0.39 is 10.0 Å². The summed E-state index contributed by atoms with van der Waals surface area (Å²) >= 11 is 0. The van der Waals surface area contributed by atoms with Gasteiger partial charge in [0.2, 0.25) is 0 Å². The van der Waals surface area contributed by atoms with E-state index in [4.69, 9.17) is 4.74 Å². The molecule has 0 aliphatic rings. The topological polar surface area (TPSA) is 109 Å². The van der Waals surface area contributed by atoms with E-state index in [-0.39, 0.29) is 10.7 Å². The number of nitrogens with one attached hydrogen (secondary N) is 3. The standard InChI is InChI=1S/C18H21N5O3S/c1-11-5-7-16(26-4)15(9-11)20-14-6-8-17(19-10-14)23-27(24,25)18-12(2)21-22-13(18)3/h5-10,20H,1-4H3,(H,19,23)(H,21,22). The summed E-state index contributed by atoms with van der Waals surface area (Å²) in [4.78, 5) is 4.32. The van der Waals surface area contributed by atoms with E-state index in [0.717, 1.165) is 11.3 Å². The van der Waals surface area contributed by atoms with Crippen molar-refractivity contribution in [1.82, 2.24) is 15.2 Å². The highest BCUT2D eigenvalue weighted by atomic mass is 32.2. The molecule has 3 rings (SSSR count). The summed E-state index contributed by atoms with van der Waals surface area (Å²) in [5, 5.41) is 9.81. The number of methoxy groups -OCH3 is 1. The van der Waals surface area contributed by atoms with Gasteiger partial charge in [-0.3, -0.25) is 9.82 Å². The van der Waals surface area contributed by atoms with Crippen molar-refractivity contribution in [3.8, 4) is 5.75 Å². The van der Waals surface area contributed by atoms with Gasteiger partial charge in [0.25, 0.3) is 10.0 Å². The molecule has 0 amide bonds. The number of nitrogens with zero attached hydrogens (tertiary/aromatic N) is 2. The van der Waals surface area contributed by atoms with Crippen LogP contribution in [0.25, 0.3) is 0 Å². The summed E-state index contributed by atoms with van der Waals surface area (Å²) in [5.74, 6) is 0.924. The molecular weight excluding hydrogens is 366 g/mol. The van der Waals surface area contributed by atoms with Crippen molar-refractivity contribution in [1.29, 1.82) is 0 Å². The first-order valence-corrected chi connectivity index (χ1v) is 9.70. The first-order valence-electron chi connectivity index (χ1n) is 8.22. The van der Waals surface area contributed by atoms with Crippen LogP contribution in [-0.4, -0.2) is 30.7 Å². The number of sulfonamides is 1. The number of pyridine rings is 1. The second-order valence-corrected chi connectivity index (χ2v) is 7.75. The highest BCUT2D eigenvalue weighted by molar-refractivity contribution is 7.92. The van der Waals surface area contributed by atoms with Gasteiger partial charge in [-0.2, -0.15) is 5.10 Å². The van der Waals surface area contributed by atoms with Crippen LogP contribution in [0.1, 0.15) is 17.0 Å². The fraction of sp³-hybridized carbons (Fsp3) is 0.222. The number of aryl methyl sites for hydroxylation is 3. The Bertz CT molecular complexity index is 1040. The van der Waals surface area contributed by atoms with E-state index in [9.17, 15) is 8.42 Å². The molecule has 0 unspecified atom stereocenters. The molecule has 0 fully saturated rings. The first kappa shape index (κ1) is 18.7. The van der Waals surface area contributed by atoms with Gasteiger partial charge in [-0.15, -0.1) is 0 Å². The molecule has 9 heteroatoms. The van der Waals surface area contributed by atoms with Gasteiger partial charge in [-0.25, -0.2) is 13.4 Å². The summed E-state index contributed by atoms with van der Waals surface area (Å²) in [7, 11) is -2.16. The Labute approximate surface area is 158 Å². The van der Waals surface area contributed by atoms with Crippen LogP contribution in [0.15, 0.2) is 41.4 Å². The SMILES string of the molecule is COc1ccc(C)cc1Nc1ccc(NS(=O)(=O)c2c(C)n[nH]c2C)nc1. The Morgan fingerprint density at radius 3 is 2.48 bits per heavy atom. The first-order chi connectivity index (χ1) is 12.8. The molecule has 0 bridgehead atoms. The van der Waals surface area contributed by atoms with Crippen LogP contribution in [0, 0.1) is 20.8 Å². The van der Waals surface area contributed by atoms with E-state index in [1.807, 2.05) is 25.1 Å². The molecule has 3 N–H and O–H groups in total. The van der Waals surface area contributed by atoms with Crippen molar-refractivity contribution in [2.45, 2.75) is 25.7 Å². The summed E-state index contributed by atoms with van der Waals surface area (Å²) in [6.07, 6.45) is 1.55. The van der Waals surface area contributed by atoms with Crippen LogP contribution in [0.5, 0.6) is 5.75 Å². The number of aromatic nitrogens is 3. The summed E-state index contributed by atoms with van der Waals surface area (Å²) < 4.78 is 32.9. The van der Waals surface area contributed by atoms with Gasteiger partial charge in [-0.05, 0) is 50.6 Å². The van der Waals surface area contributed by atoms with Gasteiger partial charge < -0.3 is 10.1 Å². The second-order valence-electron chi connectivity index (χ2n) is 6.13. The number of hydrogen-bond donors (Lipinski definition) is 3. The molecule has 2 aromatic heterocycles. The van der Waals surface area contributed by atoms with Crippen molar-refractivity contribution >= 4 is 27.2 Å². The number of ether oxygens (including phenoxy) is 1. The molecule has 0 aliphatic heterocycles. The van der Waals surface area contributed by atoms with Crippen molar-refractivity contribution in [2.75, 3.05) is 17.1 Å². The van der Waals surface area contributed by atoms with Crippen molar-refractivity contribution in [3.63, 3.8) is 0 Å². The Morgan fingerprint density at radius 2 is 1.89 bits per heavy atom. The minimum atomic E-state index is -3.77. The van der Waals surface area contributed by atoms with Gasteiger partial charge >= 0.3 is 0 Å². The van der Waals surface area contributed by atoms with E-state index in [2.05, 4.69) is 25.2 Å². The number of H-pyrrole nitrogens is 1. The number of hydrogen-bond acceptors (Lipinski definition) is 6. The van der Waals surface area contributed by atoms with Gasteiger partial charge in [-0.1, -0.05) is 6.07 Å². The zero-order valence-electron chi connectivity index (χ0n) is 15.5. The Kier molecular flexibility index (Phi) is 5.04. The molecule has 27 heavy (non-hydrogen) atoms. The van der Waals surface area contributed by atoms with Gasteiger partial charge in [0.05, 0.1) is 36.1 Å². The molecule has 0 atom stereocenters. The lowest BCUT2D eigenvalue weighted by Gasteiger charge is -2.12. The van der Waals surface area contributed by atoms with E-state index in [1.54, 1.807) is 39.3 Å². The largest absolute Gasteiger partial charge is 0.495 e. The fourth-order valence-corrected chi connectivity index (χ4v) is 4.11. The monoisotopic (exact) mass is 387 g/mol. The van der Waals surface area contributed by atoms with Crippen LogP contribution >= 0.6 is 0 Å². The van der Waals surface area contributed by atoms with Gasteiger partial charge in [0.15, 0.2) is 0 Å². The summed E-state index contributed by atoms with van der Waals surface area (Å²) in [6, 6.07) is 9.12. The van der Waals surface area contributed by atoms with Crippen molar-refractivity contribution < 1.29 is 13.2 Å². The number of benzene rings is 1. The zero-order chi connectivity index (χ0) is 19.6. The van der Waals surface area contributed by atoms with E-state index >= 15 is 0 Å². The Balaban J connectivity index is 1.79. The molecule has 3 aromatic rings. The van der Waals surface area contributed by atoms with Crippen LogP contribution in [-0.2, 0) is 10.0 Å². The minimum Gasteiger partial charge on any atom is -0.495 e. The maximum absolute atomic E-state index is 12.6. The number of aromatic amines is 1. The van der Waals surface area contributed by atoms with Gasteiger partial charge in [0.1, 0.15) is 16.5 Å². The van der Waals surface area contributed by atoms with Crippen LogP contribution in [0.2, 0.25) is 0 Å². The predicted molar refractivity (Wildman–Crippen MR) is 104 cm³/mol. The third kappa shape index (κ3) is 4.03. The molecule has 0 aliphatic carbocycles. The average Bonchev–Trinajstić information content (AvgIpc) is 2.96. The van der Waals surface area contributed by atoms with E-state index in [1.165, 1.54) is 0 Å². The molecule has 2 heterocycles. The highest BCUT2D eigenvalue weighted by Crippen LogP contribution is 2.29. The normalized spacial score (nSPS) is 11.3. The molecule has 0 saturated heterocycles. The van der Waals surface area contributed by atoms with Crippen LogP contribution in [0.4, 0.5) is 17.2 Å². The maximum atomic E-state index is 12.6. The summed E-state index contributed by atoms with van der Waals surface area (Å²) in [5.41, 5.74) is 3.48. The lowest BCUT2D eigenvalue weighted by atomic mass is 10.2. The maximum Gasteiger partial charge on any atom is 0.266 e. The van der Waals surface area contributed by atoms with Gasteiger partial charge in [0, 0.05) is 0 Å². The van der Waals surface area contributed by atoms with E-state index in [0.29, 0.717) is 22.8 Å². The molecule has 8 nitrogen and oxygen atoms in total. The highest BCUT2D eigenvalue weighted by Gasteiger charge is 2.22. The minimum absolute atomic E-state index is 0.135. The lowest BCUT2D eigenvalue weighted by molar-refractivity contribution is 0.416. The third-order valence-electron chi connectivity index (χ3n) is 3.97. The van der Waals surface area contributed by atoms with Crippen LogP contribution < -0.4 is 14.8 Å². The molecular formula is C18H21N5O3S. The molecule has 0 saturated carbocycles. The van der Waals surface area contributed by atoms with Crippen LogP contribution in [0.3, 0.4) is 0 Å². The second kappa shape index (κ2) is 7.28. The fourth-order valence-electron chi connectivity index (χ4n) is 2.73. The number of anilines is 3. The van der Waals surface area contributed by atoms with Crippen molar-refractivity contribution in [2.24, 2.45) is 0 Å². The summed E-state index contributed by atoms with van der Waals surface area (Å²) in [6.45, 7) is 5.28. The molecule has 0 spiro atoms. The molecule has 142 valence electrons. The molecule has 1 aromatic carbocycles. The van der Waals surface area contributed by atoms with Crippen molar-refractivity contribution in [3.05, 3.63) is 53.5 Å². The molecule has 0 radical (unpaired) electrons. The Hall–Kier alpha value is -3.07. The average molecular weight is 387 g/mol.